The molecule has 2 aromatic rings. The maximum Gasteiger partial charge on any atom is 0.253 e. The number of nitrogens with two attached hydrogens (primary N) is 1. The molecule has 2 aromatic carbocycles. The van der Waals surface area contributed by atoms with E-state index in [0.717, 1.165) is 17.7 Å². The summed E-state index contributed by atoms with van der Waals surface area (Å²) in [6.07, 6.45) is 0.850. The van der Waals surface area contributed by atoms with E-state index in [-0.39, 0.29) is 23.2 Å². The van der Waals surface area contributed by atoms with Gasteiger partial charge in [0.2, 0.25) is 0 Å². The third-order valence-electron chi connectivity index (χ3n) is 3.56. The van der Waals surface area contributed by atoms with E-state index < -0.39 is 5.82 Å². The average Bonchev–Trinajstić information content (AvgIpc) is 2.50. The lowest BCUT2D eigenvalue weighted by Crippen LogP contribution is -2.31. The molecule has 0 aromatic heterocycles. The van der Waals surface area contributed by atoms with Crippen molar-refractivity contribution in [2.75, 3.05) is 11.5 Å². The highest BCUT2D eigenvalue weighted by Gasteiger charge is 2.23. The summed E-state index contributed by atoms with van der Waals surface area (Å²) in [5.41, 5.74) is 6.83. The molecule has 3 rings (SSSR count). The van der Waals surface area contributed by atoms with Gasteiger partial charge in [0.1, 0.15) is 5.82 Å². The summed E-state index contributed by atoms with van der Waals surface area (Å²) in [5, 5.41) is 2.96. The summed E-state index contributed by atoms with van der Waals surface area (Å²) in [4.78, 5) is 13.5. The van der Waals surface area contributed by atoms with E-state index >= 15 is 0 Å². The number of nitrogen functional groups attached to an aromatic ring is 1. The van der Waals surface area contributed by atoms with Gasteiger partial charge in [0.05, 0.1) is 17.3 Å². The van der Waals surface area contributed by atoms with Crippen LogP contribution in [0.5, 0.6) is 0 Å². The molecule has 0 saturated heterocycles. The first kappa shape index (κ1) is 13.9. The molecule has 1 aliphatic heterocycles. The minimum Gasteiger partial charge on any atom is -0.396 e. The molecule has 3 N–H and O–H groups in total. The van der Waals surface area contributed by atoms with Crippen LogP contribution in [0.25, 0.3) is 0 Å². The van der Waals surface area contributed by atoms with Crippen LogP contribution in [-0.2, 0) is 0 Å². The van der Waals surface area contributed by atoms with Crippen molar-refractivity contribution in [1.29, 1.82) is 0 Å². The third-order valence-corrected chi connectivity index (χ3v) is 4.68. The molecule has 0 radical (unpaired) electrons. The summed E-state index contributed by atoms with van der Waals surface area (Å²) in [5.74, 6) is 0.0431. The van der Waals surface area contributed by atoms with E-state index in [9.17, 15) is 9.18 Å². The van der Waals surface area contributed by atoms with Gasteiger partial charge in [-0.2, -0.15) is 0 Å². The number of nitrogens with one attached hydrogen (secondary N) is 1. The second-order valence-corrected chi connectivity index (χ2v) is 6.04. The smallest absolute Gasteiger partial charge is 0.253 e. The Bertz CT molecular complexity index is 690. The zero-order valence-corrected chi connectivity index (χ0v) is 12.1. The minimum atomic E-state index is -0.567. The van der Waals surface area contributed by atoms with Crippen molar-refractivity contribution in [2.24, 2.45) is 0 Å². The zero-order chi connectivity index (χ0) is 14.8. The monoisotopic (exact) mass is 302 g/mol. The Morgan fingerprint density at radius 3 is 2.90 bits per heavy atom. The fourth-order valence-corrected chi connectivity index (χ4v) is 3.59. The molecule has 0 saturated carbocycles. The first-order valence-electron chi connectivity index (χ1n) is 6.73. The predicted octanol–water partition coefficient (Wildman–Crippen LogP) is 3.37. The van der Waals surface area contributed by atoms with Crippen LogP contribution >= 0.6 is 11.8 Å². The number of thioether (sulfide) groups is 1. The molecule has 0 aliphatic carbocycles. The van der Waals surface area contributed by atoms with Crippen molar-refractivity contribution >= 4 is 23.4 Å². The number of amides is 1. The Kier molecular flexibility index (Phi) is 3.84. The van der Waals surface area contributed by atoms with Crippen LogP contribution in [0.15, 0.2) is 47.4 Å². The van der Waals surface area contributed by atoms with E-state index in [1.807, 2.05) is 18.2 Å². The molecule has 5 heteroatoms. The number of fused-ring (bicyclic) bond motifs is 1. The van der Waals surface area contributed by atoms with Crippen molar-refractivity contribution in [2.45, 2.75) is 17.4 Å². The second kappa shape index (κ2) is 5.77. The summed E-state index contributed by atoms with van der Waals surface area (Å²) in [7, 11) is 0. The molecule has 3 nitrogen and oxygen atoms in total. The van der Waals surface area contributed by atoms with Gasteiger partial charge in [-0.05, 0) is 30.2 Å². The zero-order valence-electron chi connectivity index (χ0n) is 11.3. The summed E-state index contributed by atoms with van der Waals surface area (Å²) < 4.78 is 13.4. The SMILES string of the molecule is Nc1c(F)cccc1C(=O)NC1CCSc2ccccc21. The summed E-state index contributed by atoms with van der Waals surface area (Å²) in [6.45, 7) is 0. The Hall–Kier alpha value is -2.01. The van der Waals surface area contributed by atoms with Gasteiger partial charge in [-0.15, -0.1) is 11.8 Å². The van der Waals surface area contributed by atoms with Gasteiger partial charge in [-0.3, -0.25) is 4.79 Å². The third kappa shape index (κ3) is 2.74. The molecular weight excluding hydrogens is 287 g/mol. The lowest BCUT2D eigenvalue weighted by molar-refractivity contribution is 0.0935. The fraction of sp³-hybridized carbons (Fsp3) is 0.188. The lowest BCUT2D eigenvalue weighted by Gasteiger charge is -2.26. The molecule has 21 heavy (non-hydrogen) atoms. The van der Waals surface area contributed by atoms with Crippen molar-refractivity contribution in [1.82, 2.24) is 5.32 Å². The Morgan fingerprint density at radius 2 is 2.05 bits per heavy atom. The van der Waals surface area contributed by atoms with Crippen molar-refractivity contribution < 1.29 is 9.18 Å². The van der Waals surface area contributed by atoms with Crippen LogP contribution in [-0.4, -0.2) is 11.7 Å². The Labute approximate surface area is 126 Å². The van der Waals surface area contributed by atoms with Crippen LogP contribution < -0.4 is 11.1 Å². The quantitative estimate of drug-likeness (QED) is 0.836. The molecule has 0 bridgehead atoms. The number of carbonyl (C=O) groups excluding carboxylic acids is 1. The standard InChI is InChI=1S/C16H15FN2OS/c17-12-6-3-5-11(15(12)18)16(20)19-13-8-9-21-14-7-2-1-4-10(13)14/h1-7,13H,8-9,18H2,(H,19,20). The van der Waals surface area contributed by atoms with E-state index in [0.29, 0.717) is 0 Å². The highest BCUT2D eigenvalue weighted by atomic mass is 32.2. The van der Waals surface area contributed by atoms with Gasteiger partial charge < -0.3 is 11.1 Å². The molecule has 1 atom stereocenters. The van der Waals surface area contributed by atoms with Crippen molar-refractivity contribution in [3.05, 3.63) is 59.4 Å². The van der Waals surface area contributed by atoms with E-state index in [1.165, 1.54) is 23.1 Å². The topological polar surface area (TPSA) is 55.1 Å². The van der Waals surface area contributed by atoms with Gasteiger partial charge in [-0.25, -0.2) is 4.39 Å². The number of anilines is 1. The van der Waals surface area contributed by atoms with Gasteiger partial charge in [0.25, 0.3) is 5.91 Å². The first-order chi connectivity index (χ1) is 10.2. The van der Waals surface area contributed by atoms with Crippen LogP contribution in [0.4, 0.5) is 10.1 Å². The molecule has 1 aliphatic rings. The van der Waals surface area contributed by atoms with Crippen LogP contribution in [0.3, 0.4) is 0 Å². The van der Waals surface area contributed by atoms with E-state index in [1.54, 1.807) is 11.8 Å². The lowest BCUT2D eigenvalue weighted by atomic mass is 10.0. The first-order valence-corrected chi connectivity index (χ1v) is 7.72. The number of hydrogen-bond acceptors (Lipinski definition) is 3. The van der Waals surface area contributed by atoms with Gasteiger partial charge in [0.15, 0.2) is 0 Å². The maximum atomic E-state index is 13.4. The average molecular weight is 302 g/mol. The molecule has 1 heterocycles. The van der Waals surface area contributed by atoms with Crippen molar-refractivity contribution in [3.8, 4) is 0 Å². The molecule has 0 fully saturated rings. The Morgan fingerprint density at radius 1 is 1.24 bits per heavy atom. The molecule has 108 valence electrons. The Balaban J connectivity index is 1.85. The van der Waals surface area contributed by atoms with Gasteiger partial charge >= 0.3 is 0 Å². The number of carbonyl (C=O) groups is 1. The van der Waals surface area contributed by atoms with Crippen LogP contribution in [0, 0.1) is 5.82 Å². The molecule has 0 spiro atoms. The molecular formula is C16H15FN2OS. The summed E-state index contributed by atoms with van der Waals surface area (Å²) in [6, 6.07) is 12.2. The van der Waals surface area contributed by atoms with Crippen molar-refractivity contribution in [3.63, 3.8) is 0 Å². The van der Waals surface area contributed by atoms with Crippen LogP contribution in [0.2, 0.25) is 0 Å². The highest BCUT2D eigenvalue weighted by molar-refractivity contribution is 7.99. The fourth-order valence-electron chi connectivity index (χ4n) is 2.46. The normalized spacial score (nSPS) is 17.1. The predicted molar refractivity (Wildman–Crippen MR) is 82.8 cm³/mol. The highest BCUT2D eigenvalue weighted by Crippen LogP contribution is 2.36. The van der Waals surface area contributed by atoms with E-state index in [4.69, 9.17) is 5.73 Å². The van der Waals surface area contributed by atoms with Gasteiger partial charge in [0, 0.05) is 10.6 Å². The van der Waals surface area contributed by atoms with Gasteiger partial charge in [-0.1, -0.05) is 24.3 Å². The number of para-hydroxylation sites is 1. The summed E-state index contributed by atoms with van der Waals surface area (Å²) >= 11 is 1.78. The minimum absolute atomic E-state index is 0.0578. The maximum absolute atomic E-state index is 13.4. The molecule has 1 unspecified atom stereocenters. The number of halogens is 1. The molecule has 1 amide bonds. The second-order valence-electron chi connectivity index (χ2n) is 4.90. The number of hydrogen-bond donors (Lipinski definition) is 2. The van der Waals surface area contributed by atoms with Crippen LogP contribution in [0.1, 0.15) is 28.4 Å². The number of benzene rings is 2. The van der Waals surface area contributed by atoms with E-state index in [2.05, 4.69) is 11.4 Å². The largest absolute Gasteiger partial charge is 0.396 e. The number of rotatable bonds is 2.